The van der Waals surface area contributed by atoms with Gasteiger partial charge >= 0.3 is 0 Å². The van der Waals surface area contributed by atoms with Crippen LogP contribution >= 0.6 is 11.6 Å². The Bertz CT molecular complexity index is 892. The fraction of sp³-hybridized carbons (Fsp3) is 0.300. The number of ether oxygens (including phenoxy) is 1. The van der Waals surface area contributed by atoms with Crippen molar-refractivity contribution < 1.29 is 9.53 Å². The number of nitrogens with zero attached hydrogens (tertiary/aromatic N) is 2. The van der Waals surface area contributed by atoms with Gasteiger partial charge in [0.05, 0.1) is 22.6 Å². The van der Waals surface area contributed by atoms with Crippen LogP contribution in [0.5, 0.6) is 5.75 Å². The van der Waals surface area contributed by atoms with Gasteiger partial charge in [0.1, 0.15) is 18.2 Å². The monoisotopic (exact) mass is 371 g/mol. The van der Waals surface area contributed by atoms with Crippen molar-refractivity contribution in [2.24, 2.45) is 0 Å². The number of hydrogen-bond acceptors (Lipinski definition) is 3. The van der Waals surface area contributed by atoms with Crippen LogP contribution in [0.3, 0.4) is 0 Å². The maximum atomic E-state index is 11.0. The molecule has 0 fully saturated rings. The van der Waals surface area contributed by atoms with E-state index in [1.807, 2.05) is 42.5 Å². The Morgan fingerprint density at radius 3 is 2.77 bits per heavy atom. The zero-order valence-electron chi connectivity index (χ0n) is 14.7. The summed E-state index contributed by atoms with van der Waals surface area (Å²) in [5, 5.41) is 3.43. The Hall–Kier alpha value is -2.53. The van der Waals surface area contributed by atoms with E-state index in [2.05, 4.69) is 16.0 Å². The summed E-state index contributed by atoms with van der Waals surface area (Å²) in [6, 6.07) is 15.5. The van der Waals surface area contributed by atoms with Gasteiger partial charge in [0.25, 0.3) is 0 Å². The van der Waals surface area contributed by atoms with Gasteiger partial charge in [-0.2, -0.15) is 0 Å². The van der Waals surface area contributed by atoms with Crippen molar-refractivity contribution in [1.82, 2.24) is 14.9 Å². The number of aryl methyl sites for hydroxylation is 1. The number of amides is 1. The van der Waals surface area contributed by atoms with E-state index in [-0.39, 0.29) is 5.91 Å². The quantitative estimate of drug-likeness (QED) is 0.612. The smallest absolute Gasteiger partial charge is 0.216 e. The van der Waals surface area contributed by atoms with Crippen LogP contribution in [0.4, 0.5) is 0 Å². The summed E-state index contributed by atoms with van der Waals surface area (Å²) >= 11 is 6.14. The van der Waals surface area contributed by atoms with Gasteiger partial charge < -0.3 is 14.6 Å². The number of benzene rings is 2. The number of fused-ring (bicyclic) bond motifs is 1. The lowest BCUT2D eigenvalue weighted by molar-refractivity contribution is -0.118. The Balaban J connectivity index is 1.69. The molecule has 0 aliphatic rings. The van der Waals surface area contributed by atoms with Crippen molar-refractivity contribution >= 4 is 28.5 Å². The van der Waals surface area contributed by atoms with E-state index >= 15 is 0 Å². The third-order valence-electron chi connectivity index (χ3n) is 4.09. The second-order valence-electron chi connectivity index (χ2n) is 6.03. The number of imidazole rings is 1. The first-order valence-corrected chi connectivity index (χ1v) is 9.09. The number of hydrogen-bond donors (Lipinski definition) is 1. The number of aromatic nitrogens is 2. The lowest BCUT2D eigenvalue weighted by atomic mass is 10.3. The SMILES string of the molecule is CC(=O)NCCCc1nc2ccccc2n1CCOc1ccccc1Cl. The molecule has 0 bridgehead atoms. The Labute approximate surface area is 157 Å². The number of rotatable bonds is 8. The number of nitrogens with one attached hydrogen (secondary N) is 1. The normalized spacial score (nSPS) is 10.8. The van der Waals surface area contributed by atoms with Crippen LogP contribution in [-0.4, -0.2) is 28.6 Å². The third kappa shape index (κ3) is 4.55. The number of carbonyl (C=O) groups excluding carboxylic acids is 1. The van der Waals surface area contributed by atoms with E-state index in [1.54, 1.807) is 0 Å². The van der Waals surface area contributed by atoms with E-state index in [0.717, 1.165) is 29.7 Å². The molecule has 2 aromatic carbocycles. The molecule has 3 aromatic rings. The highest BCUT2D eigenvalue weighted by atomic mass is 35.5. The summed E-state index contributed by atoms with van der Waals surface area (Å²) in [7, 11) is 0. The van der Waals surface area contributed by atoms with Gasteiger partial charge in [-0.3, -0.25) is 4.79 Å². The summed E-state index contributed by atoms with van der Waals surface area (Å²) in [6.07, 6.45) is 1.63. The van der Waals surface area contributed by atoms with Crippen LogP contribution in [0.2, 0.25) is 5.02 Å². The van der Waals surface area contributed by atoms with Gasteiger partial charge in [0.2, 0.25) is 5.91 Å². The van der Waals surface area contributed by atoms with Crippen molar-refractivity contribution in [1.29, 1.82) is 0 Å². The minimum absolute atomic E-state index is 0.00774. The van der Waals surface area contributed by atoms with Gasteiger partial charge in [0, 0.05) is 19.9 Å². The van der Waals surface area contributed by atoms with Crippen LogP contribution in [0.15, 0.2) is 48.5 Å². The predicted molar refractivity (Wildman–Crippen MR) is 104 cm³/mol. The highest BCUT2D eigenvalue weighted by Crippen LogP contribution is 2.23. The topological polar surface area (TPSA) is 56.2 Å². The van der Waals surface area contributed by atoms with E-state index in [1.165, 1.54) is 6.92 Å². The highest BCUT2D eigenvalue weighted by molar-refractivity contribution is 6.32. The van der Waals surface area contributed by atoms with Crippen LogP contribution in [0, 0.1) is 0 Å². The third-order valence-corrected chi connectivity index (χ3v) is 4.41. The van der Waals surface area contributed by atoms with Gasteiger partial charge in [0.15, 0.2) is 0 Å². The first kappa shape index (κ1) is 18.3. The molecule has 0 radical (unpaired) electrons. The fourth-order valence-corrected chi connectivity index (χ4v) is 3.08. The lowest BCUT2D eigenvalue weighted by Gasteiger charge is -2.12. The van der Waals surface area contributed by atoms with Crippen LogP contribution < -0.4 is 10.1 Å². The van der Waals surface area contributed by atoms with Gasteiger partial charge in [-0.1, -0.05) is 35.9 Å². The first-order valence-electron chi connectivity index (χ1n) is 8.71. The van der Waals surface area contributed by atoms with Crippen LogP contribution in [-0.2, 0) is 17.8 Å². The van der Waals surface area contributed by atoms with Crippen LogP contribution in [0.25, 0.3) is 11.0 Å². The minimum Gasteiger partial charge on any atom is -0.490 e. The molecule has 0 saturated carbocycles. The molecule has 26 heavy (non-hydrogen) atoms. The standard InChI is InChI=1S/C20H22ClN3O2/c1-15(25)22-12-6-11-20-23-17-8-3-4-9-18(17)24(20)13-14-26-19-10-5-2-7-16(19)21/h2-5,7-10H,6,11-14H2,1H3,(H,22,25). The summed E-state index contributed by atoms with van der Waals surface area (Å²) in [4.78, 5) is 15.7. The summed E-state index contributed by atoms with van der Waals surface area (Å²) in [5.41, 5.74) is 2.06. The molecular weight excluding hydrogens is 350 g/mol. The molecule has 0 saturated heterocycles. The molecule has 1 N–H and O–H groups in total. The zero-order valence-corrected chi connectivity index (χ0v) is 15.5. The molecule has 0 aliphatic heterocycles. The minimum atomic E-state index is -0.00774. The van der Waals surface area contributed by atoms with Gasteiger partial charge in [-0.15, -0.1) is 0 Å². The molecule has 1 heterocycles. The van der Waals surface area contributed by atoms with Crippen molar-refractivity contribution in [2.75, 3.05) is 13.2 Å². The molecule has 0 atom stereocenters. The second kappa shape index (κ2) is 8.72. The molecule has 1 amide bonds. The molecule has 3 rings (SSSR count). The van der Waals surface area contributed by atoms with Crippen molar-refractivity contribution in [3.63, 3.8) is 0 Å². The van der Waals surface area contributed by atoms with E-state index in [4.69, 9.17) is 21.3 Å². The van der Waals surface area contributed by atoms with Gasteiger partial charge in [-0.25, -0.2) is 4.98 Å². The molecule has 136 valence electrons. The summed E-state index contributed by atoms with van der Waals surface area (Å²) in [6.45, 7) is 3.36. The molecule has 0 unspecified atom stereocenters. The predicted octanol–water partition coefficient (Wildman–Crippen LogP) is 3.84. The Morgan fingerprint density at radius 1 is 1.19 bits per heavy atom. The van der Waals surface area contributed by atoms with E-state index in [9.17, 15) is 4.79 Å². The van der Waals surface area contributed by atoms with Gasteiger partial charge in [-0.05, 0) is 30.7 Å². The van der Waals surface area contributed by atoms with Crippen molar-refractivity contribution in [3.05, 3.63) is 59.4 Å². The lowest BCUT2D eigenvalue weighted by Crippen LogP contribution is -2.21. The molecule has 0 aliphatic carbocycles. The summed E-state index contributed by atoms with van der Waals surface area (Å²) < 4.78 is 8.01. The van der Waals surface area contributed by atoms with Crippen molar-refractivity contribution in [3.8, 4) is 5.75 Å². The first-order chi connectivity index (χ1) is 12.6. The molecule has 5 nitrogen and oxygen atoms in total. The zero-order chi connectivity index (χ0) is 18.4. The average Bonchev–Trinajstić information content (AvgIpc) is 2.98. The molecular formula is C20H22ClN3O2. The average molecular weight is 372 g/mol. The highest BCUT2D eigenvalue weighted by Gasteiger charge is 2.10. The molecule has 1 aromatic heterocycles. The number of halogens is 1. The Kier molecular flexibility index (Phi) is 6.12. The molecule has 0 spiro atoms. The largest absolute Gasteiger partial charge is 0.490 e. The fourth-order valence-electron chi connectivity index (χ4n) is 2.89. The van der Waals surface area contributed by atoms with Crippen LogP contribution in [0.1, 0.15) is 19.2 Å². The molecule has 6 heteroatoms. The van der Waals surface area contributed by atoms with E-state index in [0.29, 0.717) is 30.5 Å². The van der Waals surface area contributed by atoms with Crippen molar-refractivity contribution in [2.45, 2.75) is 26.3 Å². The maximum absolute atomic E-state index is 11.0. The maximum Gasteiger partial charge on any atom is 0.216 e. The Morgan fingerprint density at radius 2 is 1.96 bits per heavy atom. The summed E-state index contributed by atoms with van der Waals surface area (Å²) in [5.74, 6) is 1.68. The van der Waals surface area contributed by atoms with E-state index < -0.39 is 0 Å². The second-order valence-corrected chi connectivity index (χ2v) is 6.44. The number of carbonyl (C=O) groups is 1. The number of para-hydroxylation sites is 3.